The first-order valence-electron chi connectivity index (χ1n) is 7.98. The Bertz CT molecular complexity index is 1110. The van der Waals surface area contributed by atoms with Crippen LogP contribution >= 0.6 is 0 Å². The summed E-state index contributed by atoms with van der Waals surface area (Å²) in [5, 5.41) is 13.3. The summed E-state index contributed by atoms with van der Waals surface area (Å²) in [4.78, 5) is 0. The minimum absolute atomic E-state index is 0.0178. The van der Waals surface area contributed by atoms with Crippen molar-refractivity contribution in [3.05, 3.63) is 59.5 Å². The minimum atomic E-state index is -3.02. The first-order valence-corrected chi connectivity index (χ1v) is 9.09. The first kappa shape index (κ1) is 20.4. The summed E-state index contributed by atoms with van der Waals surface area (Å²) in [6.45, 7) is 0. The molecule has 0 aliphatic heterocycles. The number of hydrogen-bond donors (Lipinski definition) is 2. The third-order valence-electron chi connectivity index (χ3n) is 3.97. The molecule has 0 fully saturated rings. The fraction of sp³-hybridized carbons (Fsp3) is 0.111. The largest absolute Gasteiger partial charge is 0.494 e. The molecule has 0 aliphatic rings. The van der Waals surface area contributed by atoms with E-state index in [1.54, 1.807) is 6.07 Å². The van der Waals surface area contributed by atoms with Crippen LogP contribution in [0.25, 0.3) is 16.9 Å². The number of methoxy groups -OCH3 is 1. The standard InChI is InChI=1S/C18H13F3N4O3S/c1-28-15-7-2-10(8-14(15)19)17-13(9-22)16(18(20)21)23-25(17)12-5-3-11(4-6-12)24-29(26)27/h2-8,18,24H,1H3,(H,26,27). The third-order valence-corrected chi connectivity index (χ3v) is 4.38. The molecule has 0 saturated carbocycles. The van der Waals surface area contributed by atoms with Gasteiger partial charge in [0.05, 0.1) is 18.5 Å². The van der Waals surface area contributed by atoms with Crippen LogP contribution in [0.1, 0.15) is 17.7 Å². The molecule has 29 heavy (non-hydrogen) atoms. The Kier molecular flexibility index (Phi) is 5.86. The Balaban J connectivity index is 2.20. The zero-order chi connectivity index (χ0) is 21.1. The smallest absolute Gasteiger partial charge is 0.283 e. The van der Waals surface area contributed by atoms with Crippen molar-refractivity contribution in [2.45, 2.75) is 6.43 Å². The topological polar surface area (TPSA) is 100 Å². The van der Waals surface area contributed by atoms with Crippen molar-refractivity contribution in [3.8, 4) is 28.8 Å². The fourth-order valence-electron chi connectivity index (χ4n) is 2.74. The Morgan fingerprint density at radius 1 is 1.28 bits per heavy atom. The van der Waals surface area contributed by atoms with Gasteiger partial charge in [-0.2, -0.15) is 10.4 Å². The van der Waals surface area contributed by atoms with Crippen LogP contribution in [0.4, 0.5) is 18.9 Å². The number of benzene rings is 2. The molecule has 1 atom stereocenters. The molecule has 2 aromatic carbocycles. The SMILES string of the molecule is COc1ccc(-c2c(C#N)c(C(F)F)nn2-c2ccc(NS(=O)O)cc2)cc1F. The maximum Gasteiger partial charge on any atom is 0.283 e. The summed E-state index contributed by atoms with van der Waals surface area (Å²) in [6.07, 6.45) is -3.02. The highest BCUT2D eigenvalue weighted by atomic mass is 32.2. The summed E-state index contributed by atoms with van der Waals surface area (Å²) in [6, 6.07) is 11.3. The van der Waals surface area contributed by atoms with Crippen LogP contribution in [-0.4, -0.2) is 25.7 Å². The van der Waals surface area contributed by atoms with Gasteiger partial charge >= 0.3 is 0 Å². The number of alkyl halides is 2. The van der Waals surface area contributed by atoms with Crippen LogP contribution in [0.15, 0.2) is 42.5 Å². The van der Waals surface area contributed by atoms with E-state index in [1.165, 1.54) is 43.5 Å². The van der Waals surface area contributed by atoms with Gasteiger partial charge in [0, 0.05) is 11.3 Å². The van der Waals surface area contributed by atoms with Gasteiger partial charge in [-0.25, -0.2) is 22.1 Å². The van der Waals surface area contributed by atoms with Gasteiger partial charge in [-0.05, 0) is 42.5 Å². The highest BCUT2D eigenvalue weighted by Crippen LogP contribution is 2.35. The Morgan fingerprint density at radius 3 is 2.48 bits per heavy atom. The van der Waals surface area contributed by atoms with Gasteiger partial charge in [-0.3, -0.25) is 9.27 Å². The zero-order valence-corrected chi connectivity index (χ0v) is 15.6. The maximum atomic E-state index is 14.2. The molecule has 1 unspecified atom stereocenters. The van der Waals surface area contributed by atoms with Gasteiger partial charge in [0.25, 0.3) is 17.7 Å². The van der Waals surface area contributed by atoms with E-state index in [1.807, 2.05) is 0 Å². The Morgan fingerprint density at radius 2 is 1.97 bits per heavy atom. The average molecular weight is 422 g/mol. The van der Waals surface area contributed by atoms with Crippen LogP contribution in [0.3, 0.4) is 0 Å². The molecule has 3 rings (SSSR count). The number of rotatable bonds is 6. The van der Waals surface area contributed by atoms with E-state index < -0.39 is 29.2 Å². The number of hydrogen-bond acceptors (Lipinski definition) is 4. The average Bonchev–Trinajstić information content (AvgIpc) is 3.08. The van der Waals surface area contributed by atoms with Crippen LogP contribution in [0.2, 0.25) is 0 Å². The molecule has 150 valence electrons. The molecule has 1 heterocycles. The summed E-state index contributed by atoms with van der Waals surface area (Å²) in [7, 11) is 1.28. The second-order valence-electron chi connectivity index (χ2n) is 5.68. The molecule has 3 aromatic rings. The molecule has 0 bridgehead atoms. The number of ether oxygens (including phenoxy) is 1. The van der Waals surface area contributed by atoms with Crippen LogP contribution in [0.5, 0.6) is 5.75 Å². The number of halogens is 3. The lowest BCUT2D eigenvalue weighted by molar-refractivity contribution is 0.145. The normalized spacial score (nSPS) is 11.9. The van der Waals surface area contributed by atoms with Crippen LogP contribution < -0.4 is 9.46 Å². The van der Waals surface area contributed by atoms with Crippen molar-refractivity contribution in [1.29, 1.82) is 5.26 Å². The zero-order valence-electron chi connectivity index (χ0n) is 14.8. The molecular weight excluding hydrogens is 409 g/mol. The van der Waals surface area contributed by atoms with E-state index >= 15 is 0 Å². The number of nitriles is 1. The first-order chi connectivity index (χ1) is 13.8. The molecular formula is C18H13F3N4O3S. The quantitative estimate of drug-likeness (QED) is 0.584. The van der Waals surface area contributed by atoms with Crippen molar-refractivity contribution in [2.24, 2.45) is 0 Å². The molecule has 0 amide bonds. The van der Waals surface area contributed by atoms with Gasteiger partial charge in [0.2, 0.25) is 0 Å². The molecule has 7 nitrogen and oxygen atoms in total. The van der Waals surface area contributed by atoms with E-state index in [-0.39, 0.29) is 28.3 Å². The molecule has 0 aliphatic carbocycles. The second-order valence-corrected chi connectivity index (χ2v) is 6.38. The van der Waals surface area contributed by atoms with E-state index in [4.69, 9.17) is 9.29 Å². The highest BCUT2D eigenvalue weighted by Gasteiger charge is 2.26. The lowest BCUT2D eigenvalue weighted by atomic mass is 10.1. The molecule has 0 radical (unpaired) electrons. The molecule has 0 saturated heterocycles. The van der Waals surface area contributed by atoms with E-state index in [0.717, 1.165) is 10.7 Å². The predicted molar refractivity (Wildman–Crippen MR) is 99.6 cm³/mol. The third kappa shape index (κ3) is 4.08. The van der Waals surface area contributed by atoms with E-state index in [9.17, 15) is 22.6 Å². The lowest BCUT2D eigenvalue weighted by Gasteiger charge is -2.10. The lowest BCUT2D eigenvalue weighted by Crippen LogP contribution is -2.03. The van der Waals surface area contributed by atoms with Crippen LogP contribution in [-0.2, 0) is 11.3 Å². The Labute approximate surface area is 165 Å². The highest BCUT2D eigenvalue weighted by molar-refractivity contribution is 7.80. The summed E-state index contributed by atoms with van der Waals surface area (Å²) >= 11 is -2.28. The number of anilines is 1. The monoisotopic (exact) mass is 422 g/mol. The number of aromatic nitrogens is 2. The summed E-state index contributed by atoms with van der Waals surface area (Å²) < 4.78 is 69.0. The molecule has 11 heteroatoms. The molecule has 2 N–H and O–H groups in total. The summed E-state index contributed by atoms with van der Waals surface area (Å²) in [5.74, 6) is -0.773. The fourth-order valence-corrected chi connectivity index (χ4v) is 3.07. The minimum Gasteiger partial charge on any atom is -0.494 e. The second kappa shape index (κ2) is 8.34. The van der Waals surface area contributed by atoms with Gasteiger partial charge in [0.1, 0.15) is 17.3 Å². The van der Waals surface area contributed by atoms with Gasteiger partial charge in [0.15, 0.2) is 11.6 Å². The van der Waals surface area contributed by atoms with Crippen molar-refractivity contribution in [3.63, 3.8) is 0 Å². The number of nitrogens with zero attached hydrogens (tertiary/aromatic N) is 3. The predicted octanol–water partition coefficient (Wildman–Crippen LogP) is 4.04. The van der Waals surface area contributed by atoms with Crippen molar-refractivity contribution >= 4 is 17.0 Å². The maximum absolute atomic E-state index is 14.2. The summed E-state index contributed by atoms with van der Waals surface area (Å²) in [5.41, 5.74) is -0.406. The molecule has 0 spiro atoms. The van der Waals surface area contributed by atoms with Crippen molar-refractivity contribution < 1.29 is 26.7 Å². The Hall–Kier alpha value is -3.36. The van der Waals surface area contributed by atoms with Gasteiger partial charge < -0.3 is 4.74 Å². The van der Waals surface area contributed by atoms with E-state index in [0.29, 0.717) is 5.69 Å². The number of nitrogens with one attached hydrogen (secondary N) is 1. The van der Waals surface area contributed by atoms with Gasteiger partial charge in [-0.1, -0.05) is 0 Å². The van der Waals surface area contributed by atoms with E-state index in [2.05, 4.69) is 9.82 Å². The van der Waals surface area contributed by atoms with Crippen molar-refractivity contribution in [2.75, 3.05) is 11.8 Å². The van der Waals surface area contributed by atoms with Gasteiger partial charge in [-0.15, -0.1) is 0 Å². The van der Waals surface area contributed by atoms with Crippen molar-refractivity contribution in [1.82, 2.24) is 9.78 Å². The molecule has 1 aromatic heterocycles. The van der Waals surface area contributed by atoms with Crippen LogP contribution in [0, 0.1) is 17.1 Å².